The zero-order valence-corrected chi connectivity index (χ0v) is 16.0. The Bertz CT molecular complexity index is 838. The van der Waals surface area contributed by atoms with Gasteiger partial charge in [-0.3, -0.25) is 4.79 Å². The Morgan fingerprint density at radius 2 is 2.12 bits per heavy atom. The molecule has 0 radical (unpaired) electrons. The van der Waals surface area contributed by atoms with Crippen LogP contribution in [0, 0.1) is 11.8 Å². The van der Waals surface area contributed by atoms with E-state index in [2.05, 4.69) is 11.9 Å². The van der Waals surface area contributed by atoms with Gasteiger partial charge in [0.15, 0.2) is 0 Å². The molecule has 4 heteroatoms. The molecule has 2 aromatic rings. The van der Waals surface area contributed by atoms with Crippen molar-refractivity contribution in [1.29, 1.82) is 0 Å². The van der Waals surface area contributed by atoms with E-state index < -0.39 is 0 Å². The Labute approximate surface area is 155 Å². The van der Waals surface area contributed by atoms with Crippen LogP contribution >= 0.6 is 0 Å². The first kappa shape index (κ1) is 17.6. The van der Waals surface area contributed by atoms with Crippen LogP contribution in [-0.2, 0) is 5.41 Å². The van der Waals surface area contributed by atoms with Crippen LogP contribution in [0.15, 0.2) is 23.0 Å². The van der Waals surface area contributed by atoms with Crippen LogP contribution < -0.4 is 10.3 Å². The minimum Gasteiger partial charge on any atom is -0.497 e. The summed E-state index contributed by atoms with van der Waals surface area (Å²) in [6, 6.07) is 5.68. The van der Waals surface area contributed by atoms with E-state index >= 15 is 0 Å². The van der Waals surface area contributed by atoms with Crippen LogP contribution in [0.1, 0.15) is 70.4 Å². The van der Waals surface area contributed by atoms with Crippen molar-refractivity contribution in [3.05, 3.63) is 34.2 Å². The predicted octanol–water partition coefficient (Wildman–Crippen LogP) is 4.96. The molecule has 2 aliphatic carbocycles. The average Bonchev–Trinajstić information content (AvgIpc) is 3.32. The molecule has 2 atom stereocenters. The van der Waals surface area contributed by atoms with Gasteiger partial charge in [-0.25, -0.2) is 4.98 Å². The summed E-state index contributed by atoms with van der Waals surface area (Å²) < 4.78 is 5.24. The fraction of sp³-hybridized carbons (Fsp3) is 0.636. The van der Waals surface area contributed by atoms with E-state index in [1.54, 1.807) is 7.11 Å². The number of hydrogen-bond donors (Lipinski definition) is 1. The zero-order valence-electron chi connectivity index (χ0n) is 16.0. The molecule has 0 bridgehead atoms. The van der Waals surface area contributed by atoms with Crippen molar-refractivity contribution in [2.45, 2.75) is 70.1 Å². The third-order valence-corrected chi connectivity index (χ3v) is 6.77. The molecule has 1 aromatic carbocycles. The highest BCUT2D eigenvalue weighted by atomic mass is 16.5. The van der Waals surface area contributed by atoms with E-state index in [0.717, 1.165) is 53.6 Å². The molecule has 1 heterocycles. The van der Waals surface area contributed by atoms with Crippen LogP contribution in [0.2, 0.25) is 0 Å². The summed E-state index contributed by atoms with van der Waals surface area (Å²) in [7, 11) is 1.63. The van der Waals surface area contributed by atoms with Crippen LogP contribution in [0.25, 0.3) is 11.0 Å². The van der Waals surface area contributed by atoms with E-state index in [9.17, 15) is 4.79 Å². The number of aromatic amines is 1. The van der Waals surface area contributed by atoms with Gasteiger partial charge in [0.2, 0.25) is 0 Å². The smallest absolute Gasteiger partial charge is 0.270 e. The molecule has 1 N–H and O–H groups in total. The molecule has 2 saturated carbocycles. The Balaban J connectivity index is 1.44. The minimum absolute atomic E-state index is 0.0207. The Hall–Kier alpha value is -1.84. The largest absolute Gasteiger partial charge is 0.497 e. The molecule has 0 aliphatic heterocycles. The summed E-state index contributed by atoms with van der Waals surface area (Å²) in [6.45, 7) is 2.41. The summed E-state index contributed by atoms with van der Waals surface area (Å²) >= 11 is 0. The van der Waals surface area contributed by atoms with Crippen LogP contribution in [-0.4, -0.2) is 17.1 Å². The average molecular weight is 354 g/mol. The first-order valence-electron chi connectivity index (χ1n) is 10.2. The van der Waals surface area contributed by atoms with Crippen molar-refractivity contribution < 1.29 is 4.74 Å². The van der Waals surface area contributed by atoms with Gasteiger partial charge in [0, 0.05) is 11.5 Å². The van der Waals surface area contributed by atoms with Crippen molar-refractivity contribution in [2.75, 3.05) is 7.11 Å². The number of hydrogen-bond acceptors (Lipinski definition) is 3. The third kappa shape index (κ3) is 3.38. The molecule has 4 nitrogen and oxygen atoms in total. The van der Waals surface area contributed by atoms with Gasteiger partial charge in [-0.05, 0) is 43.2 Å². The van der Waals surface area contributed by atoms with Gasteiger partial charge in [-0.2, -0.15) is 0 Å². The number of methoxy groups -OCH3 is 1. The van der Waals surface area contributed by atoms with Gasteiger partial charge < -0.3 is 9.72 Å². The third-order valence-electron chi connectivity index (χ3n) is 6.77. The summed E-state index contributed by atoms with van der Waals surface area (Å²) in [6.07, 6.45) is 11.4. The number of rotatable bonds is 7. The molecular weight excluding hydrogens is 324 g/mol. The number of H-pyrrole nitrogens is 1. The second-order valence-electron chi connectivity index (χ2n) is 8.49. The van der Waals surface area contributed by atoms with Crippen LogP contribution in [0.3, 0.4) is 0 Å². The number of fused-ring (bicyclic) bond motifs is 1. The normalized spacial score (nSPS) is 24.1. The highest BCUT2D eigenvalue weighted by molar-refractivity contribution is 5.76. The van der Waals surface area contributed by atoms with E-state index in [4.69, 9.17) is 9.72 Å². The van der Waals surface area contributed by atoms with E-state index in [0.29, 0.717) is 0 Å². The summed E-state index contributed by atoms with van der Waals surface area (Å²) in [5.41, 5.74) is 2.37. The summed E-state index contributed by atoms with van der Waals surface area (Å²) in [4.78, 5) is 20.4. The number of benzene rings is 1. The molecule has 2 fully saturated rings. The second-order valence-corrected chi connectivity index (χ2v) is 8.49. The molecule has 4 rings (SSSR count). The lowest BCUT2D eigenvalue weighted by Crippen LogP contribution is -2.23. The van der Waals surface area contributed by atoms with Gasteiger partial charge >= 0.3 is 0 Å². The monoisotopic (exact) mass is 354 g/mol. The number of nitrogens with zero attached hydrogens (tertiary/aromatic N) is 1. The Kier molecular flexibility index (Phi) is 4.76. The van der Waals surface area contributed by atoms with Gasteiger partial charge in [0.05, 0.1) is 18.1 Å². The van der Waals surface area contributed by atoms with E-state index in [-0.39, 0.29) is 11.0 Å². The molecule has 0 saturated heterocycles. The van der Waals surface area contributed by atoms with Crippen molar-refractivity contribution in [1.82, 2.24) is 9.97 Å². The molecule has 1 unspecified atom stereocenters. The van der Waals surface area contributed by atoms with E-state index in [1.807, 2.05) is 18.2 Å². The highest BCUT2D eigenvalue weighted by Gasteiger charge is 2.46. The maximum atomic E-state index is 12.6. The Morgan fingerprint density at radius 1 is 1.27 bits per heavy atom. The van der Waals surface area contributed by atoms with Crippen molar-refractivity contribution in [2.24, 2.45) is 11.8 Å². The molecular formula is C22H30N2O2. The van der Waals surface area contributed by atoms with Crippen molar-refractivity contribution in [3.63, 3.8) is 0 Å². The van der Waals surface area contributed by atoms with Crippen LogP contribution in [0.4, 0.5) is 0 Å². The fourth-order valence-electron chi connectivity index (χ4n) is 4.83. The van der Waals surface area contributed by atoms with Crippen molar-refractivity contribution in [3.8, 4) is 5.75 Å². The van der Waals surface area contributed by atoms with Crippen LogP contribution in [0.5, 0.6) is 5.75 Å². The molecule has 2 aliphatic rings. The lowest BCUT2D eigenvalue weighted by Gasteiger charge is -2.17. The lowest BCUT2D eigenvalue weighted by atomic mass is 9.89. The molecule has 140 valence electrons. The SMILES string of the molecule is COc1ccc2nc(C3(CCCC[C@@H]4CCCC4C)CC3)c(=O)[nH]c2c1. The van der Waals surface area contributed by atoms with Gasteiger partial charge in [0.25, 0.3) is 5.56 Å². The standard InChI is InChI=1S/C22H30N2O2/c1-15-6-5-8-16(15)7-3-4-11-22(12-13-22)20-21(25)24-19-14-17(26-2)9-10-18(19)23-20/h9-10,14-16H,3-8,11-13H2,1-2H3,(H,24,25)/t15?,16-/m1/s1. The van der Waals surface area contributed by atoms with Crippen molar-refractivity contribution >= 4 is 11.0 Å². The molecule has 0 spiro atoms. The molecule has 0 amide bonds. The topological polar surface area (TPSA) is 55.0 Å². The number of aromatic nitrogens is 2. The number of unbranched alkanes of at least 4 members (excludes halogenated alkanes) is 1. The molecule has 26 heavy (non-hydrogen) atoms. The molecule has 1 aromatic heterocycles. The summed E-state index contributed by atoms with van der Waals surface area (Å²) in [5.74, 6) is 2.58. The highest BCUT2D eigenvalue weighted by Crippen LogP contribution is 2.50. The number of ether oxygens (including phenoxy) is 1. The summed E-state index contributed by atoms with van der Waals surface area (Å²) in [5, 5.41) is 0. The van der Waals surface area contributed by atoms with Gasteiger partial charge in [0.1, 0.15) is 11.4 Å². The maximum Gasteiger partial charge on any atom is 0.270 e. The predicted molar refractivity (Wildman–Crippen MR) is 105 cm³/mol. The second kappa shape index (κ2) is 7.05. The fourth-order valence-corrected chi connectivity index (χ4v) is 4.83. The zero-order chi connectivity index (χ0) is 18.1. The Morgan fingerprint density at radius 3 is 2.81 bits per heavy atom. The van der Waals surface area contributed by atoms with E-state index in [1.165, 1.54) is 38.5 Å². The first-order valence-corrected chi connectivity index (χ1v) is 10.2. The van der Waals surface area contributed by atoms with Gasteiger partial charge in [-0.15, -0.1) is 0 Å². The maximum absolute atomic E-state index is 12.6. The first-order chi connectivity index (χ1) is 12.6. The van der Waals surface area contributed by atoms with Gasteiger partial charge in [-0.1, -0.05) is 45.4 Å². The number of nitrogens with one attached hydrogen (secondary N) is 1. The minimum atomic E-state index is -0.0207. The lowest BCUT2D eigenvalue weighted by molar-refractivity contribution is 0.370. The quantitative estimate of drug-likeness (QED) is 0.715.